The van der Waals surface area contributed by atoms with Crippen LogP contribution in [0, 0.1) is 12.8 Å². The second kappa shape index (κ2) is 8.31. The van der Waals surface area contributed by atoms with E-state index in [0.717, 1.165) is 19.5 Å². The molecule has 20 heavy (non-hydrogen) atoms. The van der Waals surface area contributed by atoms with Gasteiger partial charge < -0.3 is 10.6 Å². The molecule has 1 rings (SSSR count). The van der Waals surface area contributed by atoms with Crippen molar-refractivity contribution in [1.29, 1.82) is 0 Å². The standard InChI is InChI=1S/C18H32N2/c1-6-17(7-2)20(13-14(3)4)18-9-8-15(5)12-16(18)10-11-19/h8-9,12,14,17H,6-7,10-11,13,19H2,1-5H3. The number of anilines is 1. The molecule has 0 aromatic heterocycles. The third-order valence-electron chi connectivity index (χ3n) is 3.90. The predicted molar refractivity (Wildman–Crippen MR) is 90.5 cm³/mol. The van der Waals surface area contributed by atoms with Crippen LogP contribution in [0.25, 0.3) is 0 Å². The van der Waals surface area contributed by atoms with Gasteiger partial charge in [-0.2, -0.15) is 0 Å². The first kappa shape index (κ1) is 17.0. The van der Waals surface area contributed by atoms with E-state index in [-0.39, 0.29) is 0 Å². The number of benzene rings is 1. The molecule has 0 aliphatic carbocycles. The molecule has 2 nitrogen and oxygen atoms in total. The lowest BCUT2D eigenvalue weighted by Crippen LogP contribution is -2.38. The van der Waals surface area contributed by atoms with Crippen LogP contribution in [-0.4, -0.2) is 19.1 Å². The van der Waals surface area contributed by atoms with Gasteiger partial charge in [0.05, 0.1) is 0 Å². The van der Waals surface area contributed by atoms with Crippen LogP contribution in [-0.2, 0) is 6.42 Å². The second-order valence-electron chi connectivity index (χ2n) is 6.19. The Kier molecular flexibility index (Phi) is 7.08. The molecule has 1 aromatic carbocycles. The fourth-order valence-corrected chi connectivity index (χ4v) is 2.92. The molecule has 0 spiro atoms. The van der Waals surface area contributed by atoms with Gasteiger partial charge in [0.25, 0.3) is 0 Å². The van der Waals surface area contributed by atoms with Crippen molar-refractivity contribution in [3.8, 4) is 0 Å². The molecule has 0 atom stereocenters. The summed E-state index contributed by atoms with van der Waals surface area (Å²) in [7, 11) is 0. The highest BCUT2D eigenvalue weighted by Gasteiger charge is 2.19. The summed E-state index contributed by atoms with van der Waals surface area (Å²) in [5.74, 6) is 0.669. The maximum atomic E-state index is 5.80. The van der Waals surface area contributed by atoms with Crippen molar-refractivity contribution in [2.24, 2.45) is 11.7 Å². The highest BCUT2D eigenvalue weighted by molar-refractivity contribution is 5.56. The fourth-order valence-electron chi connectivity index (χ4n) is 2.92. The summed E-state index contributed by atoms with van der Waals surface area (Å²) in [6.07, 6.45) is 3.35. The Hall–Kier alpha value is -1.02. The van der Waals surface area contributed by atoms with Crippen molar-refractivity contribution in [3.63, 3.8) is 0 Å². The summed E-state index contributed by atoms with van der Waals surface area (Å²) in [4.78, 5) is 2.61. The first-order chi connectivity index (χ1) is 9.53. The molecular formula is C18H32N2. The summed E-state index contributed by atoms with van der Waals surface area (Å²) in [6, 6.07) is 7.45. The van der Waals surface area contributed by atoms with E-state index in [1.807, 2.05) is 0 Å². The largest absolute Gasteiger partial charge is 0.368 e. The zero-order valence-electron chi connectivity index (χ0n) is 13.9. The number of rotatable bonds is 8. The van der Waals surface area contributed by atoms with Gasteiger partial charge in [-0.05, 0) is 50.3 Å². The summed E-state index contributed by atoms with van der Waals surface area (Å²) < 4.78 is 0. The van der Waals surface area contributed by atoms with E-state index in [9.17, 15) is 0 Å². The molecule has 2 N–H and O–H groups in total. The minimum Gasteiger partial charge on any atom is -0.368 e. The van der Waals surface area contributed by atoms with Crippen molar-refractivity contribution in [3.05, 3.63) is 29.3 Å². The van der Waals surface area contributed by atoms with E-state index >= 15 is 0 Å². The molecule has 0 radical (unpaired) electrons. The third-order valence-corrected chi connectivity index (χ3v) is 3.90. The average molecular weight is 276 g/mol. The van der Waals surface area contributed by atoms with Crippen LogP contribution in [0.15, 0.2) is 18.2 Å². The lowest BCUT2D eigenvalue weighted by molar-refractivity contribution is 0.506. The van der Waals surface area contributed by atoms with Gasteiger partial charge in [-0.3, -0.25) is 0 Å². The number of nitrogens with zero attached hydrogens (tertiary/aromatic N) is 1. The minimum absolute atomic E-state index is 0.622. The zero-order chi connectivity index (χ0) is 15.1. The smallest absolute Gasteiger partial charge is 0.0402 e. The van der Waals surface area contributed by atoms with Crippen LogP contribution in [0.3, 0.4) is 0 Å². The zero-order valence-corrected chi connectivity index (χ0v) is 13.9. The van der Waals surface area contributed by atoms with Crippen molar-refractivity contribution in [2.45, 2.75) is 59.9 Å². The highest BCUT2D eigenvalue weighted by atomic mass is 15.2. The van der Waals surface area contributed by atoms with Gasteiger partial charge in [0.1, 0.15) is 0 Å². The number of hydrogen-bond donors (Lipinski definition) is 1. The molecule has 0 saturated heterocycles. The predicted octanol–water partition coefficient (Wildman–Crippen LogP) is 4.15. The molecule has 0 amide bonds. The van der Waals surface area contributed by atoms with E-state index in [2.05, 4.69) is 57.7 Å². The van der Waals surface area contributed by atoms with Crippen LogP contribution in [0.5, 0.6) is 0 Å². The number of hydrogen-bond acceptors (Lipinski definition) is 2. The Balaban J connectivity index is 3.17. The third kappa shape index (κ3) is 4.52. The van der Waals surface area contributed by atoms with Gasteiger partial charge >= 0.3 is 0 Å². The monoisotopic (exact) mass is 276 g/mol. The second-order valence-corrected chi connectivity index (χ2v) is 6.19. The minimum atomic E-state index is 0.622. The van der Waals surface area contributed by atoms with Gasteiger partial charge in [-0.1, -0.05) is 45.4 Å². The van der Waals surface area contributed by atoms with Crippen LogP contribution in [0.4, 0.5) is 5.69 Å². The first-order valence-corrected chi connectivity index (χ1v) is 8.09. The van der Waals surface area contributed by atoms with E-state index in [0.29, 0.717) is 12.0 Å². The Morgan fingerprint density at radius 3 is 2.30 bits per heavy atom. The summed E-state index contributed by atoms with van der Waals surface area (Å²) in [5.41, 5.74) is 9.92. The van der Waals surface area contributed by atoms with Crippen LogP contribution >= 0.6 is 0 Å². The van der Waals surface area contributed by atoms with Crippen LogP contribution in [0.2, 0.25) is 0 Å². The van der Waals surface area contributed by atoms with Crippen molar-refractivity contribution in [1.82, 2.24) is 0 Å². The number of nitrogens with two attached hydrogens (primary N) is 1. The first-order valence-electron chi connectivity index (χ1n) is 8.09. The Labute approximate surface area is 125 Å². The topological polar surface area (TPSA) is 29.3 Å². The molecule has 0 unspecified atom stereocenters. The van der Waals surface area contributed by atoms with Gasteiger partial charge in [0, 0.05) is 18.3 Å². The normalized spacial score (nSPS) is 11.4. The van der Waals surface area contributed by atoms with Crippen LogP contribution in [0.1, 0.15) is 51.7 Å². The molecule has 0 fully saturated rings. The lowest BCUT2D eigenvalue weighted by atomic mass is 10.0. The average Bonchev–Trinajstić information content (AvgIpc) is 2.39. The molecule has 1 aromatic rings. The van der Waals surface area contributed by atoms with E-state index < -0.39 is 0 Å². The lowest BCUT2D eigenvalue weighted by Gasteiger charge is -2.36. The summed E-state index contributed by atoms with van der Waals surface area (Å²) in [6.45, 7) is 13.2. The van der Waals surface area contributed by atoms with Crippen molar-refractivity contribution >= 4 is 5.69 Å². The SMILES string of the molecule is CCC(CC)N(CC(C)C)c1ccc(C)cc1CCN. The maximum Gasteiger partial charge on any atom is 0.0402 e. The Morgan fingerprint density at radius 1 is 1.15 bits per heavy atom. The molecule has 2 heteroatoms. The fraction of sp³-hybridized carbons (Fsp3) is 0.667. The summed E-state index contributed by atoms with van der Waals surface area (Å²) >= 11 is 0. The van der Waals surface area contributed by atoms with Crippen molar-refractivity contribution in [2.75, 3.05) is 18.0 Å². The molecule has 0 aliphatic rings. The van der Waals surface area contributed by atoms with Gasteiger partial charge in [-0.25, -0.2) is 0 Å². The van der Waals surface area contributed by atoms with E-state index in [1.54, 1.807) is 0 Å². The molecule has 0 bridgehead atoms. The molecule has 0 saturated carbocycles. The molecule has 114 valence electrons. The Bertz CT molecular complexity index is 394. The van der Waals surface area contributed by atoms with E-state index in [1.165, 1.54) is 29.7 Å². The molecule has 0 heterocycles. The van der Waals surface area contributed by atoms with Gasteiger partial charge in [0.2, 0.25) is 0 Å². The molecular weight excluding hydrogens is 244 g/mol. The Morgan fingerprint density at radius 2 is 1.80 bits per heavy atom. The molecule has 0 aliphatic heterocycles. The van der Waals surface area contributed by atoms with Gasteiger partial charge in [-0.15, -0.1) is 0 Å². The van der Waals surface area contributed by atoms with E-state index in [4.69, 9.17) is 5.73 Å². The van der Waals surface area contributed by atoms with Gasteiger partial charge in [0.15, 0.2) is 0 Å². The number of aryl methyl sites for hydroxylation is 1. The van der Waals surface area contributed by atoms with Crippen LogP contribution < -0.4 is 10.6 Å². The van der Waals surface area contributed by atoms with Crippen molar-refractivity contribution < 1.29 is 0 Å². The summed E-state index contributed by atoms with van der Waals surface area (Å²) in [5, 5.41) is 0. The highest BCUT2D eigenvalue weighted by Crippen LogP contribution is 2.27. The maximum absolute atomic E-state index is 5.80. The quantitative estimate of drug-likeness (QED) is 0.773.